The van der Waals surface area contributed by atoms with Gasteiger partial charge in [-0.25, -0.2) is 9.61 Å². The molecule has 0 aliphatic carbocycles. The Hall–Kier alpha value is -2.15. The molecule has 0 saturated heterocycles. The molecule has 1 amide bonds. The van der Waals surface area contributed by atoms with Crippen LogP contribution in [-0.4, -0.2) is 21.2 Å². The zero-order valence-corrected chi connectivity index (χ0v) is 9.52. The van der Waals surface area contributed by atoms with E-state index >= 15 is 0 Å². The average molecular weight is 254 g/mol. The van der Waals surface area contributed by atoms with Crippen LogP contribution in [0.2, 0.25) is 5.15 Å². The summed E-state index contributed by atoms with van der Waals surface area (Å²) in [6.45, 7) is 1.77. The number of hydrogen-bond acceptors (Lipinski definition) is 6. The molecule has 0 fully saturated rings. The molecule has 0 aromatic carbocycles. The number of nitrogens with two attached hydrogens (primary N) is 1. The molecule has 3 N–H and O–H groups in total. The standard InChI is InChI=1S/C9H8ClN5O2/c1-4-2-5(3-12-7(4)10)13-9(16)6-8(11)15-17-14-6/h2-3H,1H3,(H2,11,15)(H,13,16). The number of carbonyl (C=O) groups excluding carboxylic acids is 1. The zero-order chi connectivity index (χ0) is 12.4. The van der Waals surface area contributed by atoms with Crippen LogP contribution in [0.15, 0.2) is 16.9 Å². The van der Waals surface area contributed by atoms with Gasteiger partial charge in [0.05, 0.1) is 11.9 Å². The van der Waals surface area contributed by atoms with Crippen LogP contribution in [0.25, 0.3) is 0 Å². The minimum Gasteiger partial charge on any atom is -0.379 e. The second-order valence-electron chi connectivity index (χ2n) is 3.28. The molecule has 8 heteroatoms. The Bertz CT molecular complexity index is 568. The molecule has 17 heavy (non-hydrogen) atoms. The Kier molecular flexibility index (Phi) is 2.92. The fourth-order valence-electron chi connectivity index (χ4n) is 1.17. The average Bonchev–Trinajstić information content (AvgIpc) is 2.70. The summed E-state index contributed by atoms with van der Waals surface area (Å²) >= 11 is 5.76. The summed E-state index contributed by atoms with van der Waals surface area (Å²) in [5.41, 5.74) is 6.54. The summed E-state index contributed by atoms with van der Waals surface area (Å²) in [5, 5.41) is 9.62. The van der Waals surface area contributed by atoms with Crippen molar-refractivity contribution in [2.75, 3.05) is 11.1 Å². The molecule has 0 bridgehead atoms. The van der Waals surface area contributed by atoms with E-state index in [1.165, 1.54) is 6.20 Å². The van der Waals surface area contributed by atoms with Gasteiger partial charge in [-0.15, -0.1) is 0 Å². The number of nitrogens with zero attached hydrogens (tertiary/aromatic N) is 3. The summed E-state index contributed by atoms with van der Waals surface area (Å²) in [7, 11) is 0. The monoisotopic (exact) mass is 253 g/mol. The third-order valence-electron chi connectivity index (χ3n) is 2.00. The van der Waals surface area contributed by atoms with Crippen molar-refractivity contribution in [2.45, 2.75) is 6.92 Å². The van der Waals surface area contributed by atoms with Crippen molar-refractivity contribution in [3.8, 4) is 0 Å². The maximum Gasteiger partial charge on any atom is 0.281 e. The van der Waals surface area contributed by atoms with Crippen LogP contribution >= 0.6 is 11.6 Å². The molecule has 2 rings (SSSR count). The third-order valence-corrected chi connectivity index (χ3v) is 2.40. The molecule has 2 heterocycles. The van der Waals surface area contributed by atoms with Gasteiger partial charge in [0.25, 0.3) is 5.91 Å². The van der Waals surface area contributed by atoms with Crippen molar-refractivity contribution in [3.05, 3.63) is 28.7 Å². The van der Waals surface area contributed by atoms with Crippen molar-refractivity contribution in [2.24, 2.45) is 0 Å². The normalized spacial score (nSPS) is 10.2. The highest BCUT2D eigenvalue weighted by molar-refractivity contribution is 6.30. The highest BCUT2D eigenvalue weighted by Gasteiger charge is 2.16. The number of aromatic nitrogens is 3. The molecule has 0 saturated carbocycles. The zero-order valence-electron chi connectivity index (χ0n) is 8.77. The highest BCUT2D eigenvalue weighted by atomic mass is 35.5. The number of carbonyl (C=O) groups is 1. The van der Waals surface area contributed by atoms with E-state index < -0.39 is 5.91 Å². The van der Waals surface area contributed by atoms with E-state index in [-0.39, 0.29) is 11.5 Å². The number of rotatable bonds is 2. The van der Waals surface area contributed by atoms with E-state index in [2.05, 4.69) is 25.2 Å². The highest BCUT2D eigenvalue weighted by Crippen LogP contribution is 2.17. The van der Waals surface area contributed by atoms with Gasteiger partial charge in [0.2, 0.25) is 11.5 Å². The Labute approximate surface area is 101 Å². The van der Waals surface area contributed by atoms with Gasteiger partial charge in [-0.1, -0.05) is 11.6 Å². The maximum atomic E-state index is 11.7. The summed E-state index contributed by atoms with van der Waals surface area (Å²) in [6, 6.07) is 1.68. The van der Waals surface area contributed by atoms with E-state index in [9.17, 15) is 4.79 Å². The number of aryl methyl sites for hydroxylation is 1. The minimum atomic E-state index is -0.521. The molecule has 7 nitrogen and oxygen atoms in total. The van der Waals surface area contributed by atoms with Crippen LogP contribution in [0.3, 0.4) is 0 Å². The Morgan fingerprint density at radius 3 is 2.88 bits per heavy atom. The number of pyridine rings is 1. The molecule has 0 radical (unpaired) electrons. The summed E-state index contributed by atoms with van der Waals surface area (Å²) in [5.74, 6) is -0.589. The fraction of sp³-hybridized carbons (Fsp3) is 0.111. The molecule has 0 aliphatic heterocycles. The summed E-state index contributed by atoms with van der Waals surface area (Å²) < 4.78 is 4.32. The van der Waals surface area contributed by atoms with Gasteiger partial charge < -0.3 is 11.1 Å². The first-order valence-corrected chi connectivity index (χ1v) is 4.97. The molecular formula is C9H8ClN5O2. The Morgan fingerprint density at radius 1 is 1.53 bits per heavy atom. The SMILES string of the molecule is Cc1cc(NC(=O)c2nonc2N)cnc1Cl. The lowest BCUT2D eigenvalue weighted by Crippen LogP contribution is -2.14. The van der Waals surface area contributed by atoms with E-state index in [4.69, 9.17) is 17.3 Å². The quantitative estimate of drug-likeness (QED) is 0.780. The second-order valence-corrected chi connectivity index (χ2v) is 3.64. The molecule has 2 aromatic heterocycles. The largest absolute Gasteiger partial charge is 0.379 e. The summed E-state index contributed by atoms with van der Waals surface area (Å²) in [6.07, 6.45) is 1.43. The summed E-state index contributed by atoms with van der Waals surface area (Å²) in [4.78, 5) is 15.6. The lowest BCUT2D eigenvalue weighted by atomic mass is 10.3. The van der Waals surface area contributed by atoms with Crippen LogP contribution in [0.1, 0.15) is 16.1 Å². The molecular weight excluding hydrogens is 246 g/mol. The van der Waals surface area contributed by atoms with Gasteiger partial charge in [-0.2, -0.15) is 0 Å². The number of amides is 1. The second kappa shape index (κ2) is 4.38. The topological polar surface area (TPSA) is 107 Å². The van der Waals surface area contributed by atoms with Gasteiger partial charge in [0.1, 0.15) is 5.15 Å². The van der Waals surface area contributed by atoms with Crippen molar-refractivity contribution in [3.63, 3.8) is 0 Å². The Morgan fingerprint density at radius 2 is 2.29 bits per heavy atom. The van der Waals surface area contributed by atoms with Gasteiger partial charge in [-0.3, -0.25) is 4.79 Å². The van der Waals surface area contributed by atoms with Crippen LogP contribution in [0.4, 0.5) is 11.5 Å². The molecule has 0 spiro atoms. The molecule has 88 valence electrons. The molecule has 0 aliphatic rings. The first kappa shape index (κ1) is 11.3. The first-order chi connectivity index (χ1) is 8.08. The van der Waals surface area contributed by atoms with Crippen molar-refractivity contribution >= 4 is 29.0 Å². The maximum absolute atomic E-state index is 11.7. The minimum absolute atomic E-state index is 0.0684. The van der Waals surface area contributed by atoms with E-state index in [1.807, 2.05) is 0 Å². The van der Waals surface area contributed by atoms with Gasteiger partial charge in [-0.05, 0) is 28.9 Å². The fourth-order valence-corrected chi connectivity index (χ4v) is 1.27. The van der Waals surface area contributed by atoms with Crippen molar-refractivity contribution in [1.82, 2.24) is 15.3 Å². The van der Waals surface area contributed by atoms with Crippen molar-refractivity contribution < 1.29 is 9.42 Å². The lowest BCUT2D eigenvalue weighted by Gasteiger charge is -2.04. The van der Waals surface area contributed by atoms with E-state index in [1.54, 1.807) is 13.0 Å². The van der Waals surface area contributed by atoms with Gasteiger partial charge in [0, 0.05) is 0 Å². The molecule has 2 aromatic rings. The number of nitrogens with one attached hydrogen (secondary N) is 1. The number of halogens is 1. The lowest BCUT2D eigenvalue weighted by molar-refractivity contribution is 0.101. The van der Waals surface area contributed by atoms with Crippen LogP contribution in [-0.2, 0) is 0 Å². The smallest absolute Gasteiger partial charge is 0.281 e. The number of nitrogen functional groups attached to an aromatic ring is 1. The van der Waals surface area contributed by atoms with Gasteiger partial charge >= 0.3 is 0 Å². The predicted octanol–water partition coefficient (Wildman–Crippen LogP) is 1.26. The molecule has 0 unspecified atom stereocenters. The van der Waals surface area contributed by atoms with E-state index in [0.717, 1.165) is 5.56 Å². The number of hydrogen-bond donors (Lipinski definition) is 2. The Balaban J connectivity index is 2.19. The van der Waals surface area contributed by atoms with Crippen molar-refractivity contribution in [1.29, 1.82) is 0 Å². The van der Waals surface area contributed by atoms with Gasteiger partial charge in [0.15, 0.2) is 0 Å². The van der Waals surface area contributed by atoms with E-state index in [0.29, 0.717) is 10.8 Å². The van der Waals surface area contributed by atoms with Crippen LogP contribution < -0.4 is 11.1 Å². The van der Waals surface area contributed by atoms with Crippen LogP contribution in [0.5, 0.6) is 0 Å². The predicted molar refractivity (Wildman–Crippen MR) is 60.6 cm³/mol. The van der Waals surface area contributed by atoms with Crippen LogP contribution in [0, 0.1) is 6.92 Å². The first-order valence-electron chi connectivity index (χ1n) is 4.59. The third kappa shape index (κ3) is 2.34. The number of anilines is 2. The molecule has 0 atom stereocenters.